The summed E-state index contributed by atoms with van der Waals surface area (Å²) in [6.45, 7) is 1.62. The molecule has 0 aromatic heterocycles. The molecule has 0 radical (unpaired) electrons. The molecule has 0 spiro atoms. The maximum absolute atomic E-state index is 12.9. The molecule has 1 aliphatic carbocycles. The smallest absolute Gasteiger partial charge is 0.256 e. The number of hydrogen-bond acceptors (Lipinski definition) is 3. The first-order valence-electron chi connectivity index (χ1n) is 8.34. The van der Waals surface area contributed by atoms with Crippen molar-refractivity contribution in [2.24, 2.45) is 0 Å². The van der Waals surface area contributed by atoms with Crippen LogP contribution >= 0.6 is 0 Å². The van der Waals surface area contributed by atoms with Gasteiger partial charge in [-0.25, -0.2) is 0 Å². The number of carbonyl (C=O) groups excluding carboxylic acids is 1. The molecule has 1 fully saturated rings. The molecule has 0 unspecified atom stereocenters. The number of anilines is 1. The van der Waals surface area contributed by atoms with Crippen molar-refractivity contribution in [1.82, 2.24) is 5.32 Å². The Morgan fingerprint density at radius 1 is 1.13 bits per heavy atom. The minimum Gasteiger partial charge on any atom is -0.368 e. The number of benzene rings is 2. The van der Waals surface area contributed by atoms with Crippen LogP contribution < -0.4 is 10.6 Å². The number of piperidine rings is 1. The first-order valence-corrected chi connectivity index (χ1v) is 8.34. The Labute approximate surface area is 136 Å². The standard InChI is InChI=1S/C19H22N2O2/c1-23-19(9-11-20-12-10-19)18(22)21-16-8-7-14-6-5-13-3-2-4-15(16)17(13)14/h2-4,7-8,20H,5-6,9-12H2,1H3,(H,21,22). The Morgan fingerprint density at radius 2 is 1.87 bits per heavy atom. The summed E-state index contributed by atoms with van der Waals surface area (Å²) in [6, 6.07) is 10.6. The second-order valence-electron chi connectivity index (χ2n) is 6.51. The number of nitrogens with one attached hydrogen (secondary N) is 2. The van der Waals surface area contributed by atoms with Crippen molar-refractivity contribution in [2.75, 3.05) is 25.5 Å². The first kappa shape index (κ1) is 14.7. The van der Waals surface area contributed by atoms with E-state index in [0.29, 0.717) is 12.8 Å². The van der Waals surface area contributed by atoms with E-state index in [9.17, 15) is 4.79 Å². The Hall–Kier alpha value is -1.91. The van der Waals surface area contributed by atoms with Crippen LogP contribution in [0.25, 0.3) is 10.8 Å². The third kappa shape index (κ3) is 2.33. The summed E-state index contributed by atoms with van der Waals surface area (Å²) in [5.74, 6) is -0.0276. The second kappa shape index (κ2) is 5.62. The van der Waals surface area contributed by atoms with E-state index in [2.05, 4.69) is 34.9 Å². The molecule has 0 bridgehead atoms. The van der Waals surface area contributed by atoms with Gasteiger partial charge in [0.25, 0.3) is 5.91 Å². The highest BCUT2D eigenvalue weighted by Gasteiger charge is 2.39. The van der Waals surface area contributed by atoms with Gasteiger partial charge in [0, 0.05) is 18.2 Å². The molecule has 1 aliphatic heterocycles. The molecule has 4 rings (SSSR count). The molecule has 0 saturated carbocycles. The number of methoxy groups -OCH3 is 1. The summed E-state index contributed by atoms with van der Waals surface area (Å²) in [4.78, 5) is 12.9. The maximum Gasteiger partial charge on any atom is 0.256 e. The van der Waals surface area contributed by atoms with Gasteiger partial charge in [-0.2, -0.15) is 0 Å². The van der Waals surface area contributed by atoms with Gasteiger partial charge in [-0.3, -0.25) is 4.79 Å². The van der Waals surface area contributed by atoms with E-state index >= 15 is 0 Å². The third-order valence-corrected chi connectivity index (χ3v) is 5.34. The highest BCUT2D eigenvalue weighted by atomic mass is 16.5. The van der Waals surface area contributed by atoms with Crippen molar-refractivity contribution in [1.29, 1.82) is 0 Å². The van der Waals surface area contributed by atoms with Gasteiger partial charge >= 0.3 is 0 Å². The molecule has 2 aromatic rings. The van der Waals surface area contributed by atoms with E-state index in [1.807, 2.05) is 6.07 Å². The minimum atomic E-state index is -0.714. The Morgan fingerprint density at radius 3 is 2.61 bits per heavy atom. The molecular formula is C19H22N2O2. The number of amides is 1. The van der Waals surface area contributed by atoms with Gasteiger partial charge in [0.15, 0.2) is 0 Å². The summed E-state index contributed by atoms with van der Waals surface area (Å²) in [7, 11) is 1.64. The lowest BCUT2D eigenvalue weighted by atomic mass is 9.90. The van der Waals surface area contributed by atoms with Crippen LogP contribution in [-0.4, -0.2) is 31.7 Å². The van der Waals surface area contributed by atoms with Crippen LogP contribution in [0.5, 0.6) is 0 Å². The molecule has 4 nitrogen and oxygen atoms in total. The van der Waals surface area contributed by atoms with Crippen LogP contribution in [0.3, 0.4) is 0 Å². The van der Waals surface area contributed by atoms with Crippen LogP contribution in [0, 0.1) is 0 Å². The lowest BCUT2D eigenvalue weighted by Gasteiger charge is -2.34. The normalized spacial score (nSPS) is 19.0. The molecule has 2 aromatic carbocycles. The van der Waals surface area contributed by atoms with Crippen molar-refractivity contribution in [2.45, 2.75) is 31.3 Å². The van der Waals surface area contributed by atoms with Crippen LogP contribution in [0.1, 0.15) is 24.0 Å². The van der Waals surface area contributed by atoms with E-state index in [-0.39, 0.29) is 5.91 Å². The van der Waals surface area contributed by atoms with Gasteiger partial charge in [-0.05, 0) is 61.4 Å². The zero-order chi connectivity index (χ0) is 15.9. The van der Waals surface area contributed by atoms with Gasteiger partial charge < -0.3 is 15.4 Å². The van der Waals surface area contributed by atoms with Gasteiger partial charge in [-0.1, -0.05) is 24.3 Å². The summed E-state index contributed by atoms with van der Waals surface area (Å²) in [5.41, 5.74) is 2.95. The van der Waals surface area contributed by atoms with Crippen LogP contribution in [0.2, 0.25) is 0 Å². The van der Waals surface area contributed by atoms with E-state index in [4.69, 9.17) is 4.74 Å². The molecule has 1 heterocycles. The second-order valence-corrected chi connectivity index (χ2v) is 6.51. The summed E-state index contributed by atoms with van der Waals surface area (Å²) >= 11 is 0. The SMILES string of the molecule is COC1(C(=O)Nc2ccc3c4c(cccc24)CC3)CCNCC1. The summed E-state index contributed by atoms with van der Waals surface area (Å²) in [6.07, 6.45) is 3.60. The highest BCUT2D eigenvalue weighted by Crippen LogP contribution is 2.35. The number of hydrogen-bond donors (Lipinski definition) is 2. The number of rotatable bonds is 3. The van der Waals surface area contributed by atoms with E-state index in [1.165, 1.54) is 16.5 Å². The fourth-order valence-corrected chi connectivity index (χ4v) is 3.95. The average Bonchev–Trinajstić information content (AvgIpc) is 3.03. The molecule has 2 N–H and O–H groups in total. The molecule has 23 heavy (non-hydrogen) atoms. The largest absolute Gasteiger partial charge is 0.368 e. The van der Waals surface area contributed by atoms with Gasteiger partial charge in [0.05, 0.1) is 0 Å². The molecule has 120 valence electrons. The predicted molar refractivity (Wildman–Crippen MR) is 91.8 cm³/mol. The summed E-state index contributed by atoms with van der Waals surface area (Å²) in [5, 5.41) is 8.89. The number of carbonyl (C=O) groups is 1. The van der Waals surface area contributed by atoms with Gasteiger partial charge in [0.1, 0.15) is 5.60 Å². The molecule has 1 saturated heterocycles. The lowest BCUT2D eigenvalue weighted by Crippen LogP contribution is -2.51. The van der Waals surface area contributed by atoms with Crippen LogP contribution in [0.4, 0.5) is 5.69 Å². The van der Waals surface area contributed by atoms with E-state index < -0.39 is 5.60 Å². The first-order chi connectivity index (χ1) is 11.2. The molecule has 2 aliphatic rings. The Kier molecular flexibility index (Phi) is 3.58. The zero-order valence-electron chi connectivity index (χ0n) is 13.4. The van der Waals surface area contributed by atoms with Crippen LogP contribution in [-0.2, 0) is 22.4 Å². The van der Waals surface area contributed by atoms with E-state index in [1.54, 1.807) is 7.11 Å². The number of ether oxygens (including phenoxy) is 1. The molecular weight excluding hydrogens is 288 g/mol. The van der Waals surface area contributed by atoms with Crippen molar-refractivity contribution >= 4 is 22.4 Å². The molecule has 0 atom stereocenters. The number of aryl methyl sites for hydroxylation is 2. The zero-order valence-corrected chi connectivity index (χ0v) is 13.4. The fourth-order valence-electron chi connectivity index (χ4n) is 3.95. The predicted octanol–water partition coefficient (Wildman–Crippen LogP) is 2.65. The third-order valence-electron chi connectivity index (χ3n) is 5.34. The van der Waals surface area contributed by atoms with Crippen LogP contribution in [0.15, 0.2) is 30.3 Å². The minimum absolute atomic E-state index is 0.0276. The monoisotopic (exact) mass is 310 g/mol. The molecule has 1 amide bonds. The Balaban J connectivity index is 1.69. The van der Waals surface area contributed by atoms with Crippen molar-refractivity contribution in [3.05, 3.63) is 41.5 Å². The van der Waals surface area contributed by atoms with Crippen molar-refractivity contribution < 1.29 is 9.53 Å². The Bertz CT molecular complexity index is 753. The highest BCUT2D eigenvalue weighted by molar-refractivity contribution is 6.07. The topological polar surface area (TPSA) is 50.4 Å². The van der Waals surface area contributed by atoms with Gasteiger partial charge in [0.2, 0.25) is 0 Å². The quantitative estimate of drug-likeness (QED) is 0.916. The van der Waals surface area contributed by atoms with Crippen molar-refractivity contribution in [3.8, 4) is 0 Å². The molecule has 4 heteroatoms. The van der Waals surface area contributed by atoms with Crippen molar-refractivity contribution in [3.63, 3.8) is 0 Å². The average molecular weight is 310 g/mol. The summed E-state index contributed by atoms with van der Waals surface area (Å²) < 4.78 is 5.63. The fraction of sp³-hybridized carbons (Fsp3) is 0.421. The van der Waals surface area contributed by atoms with Gasteiger partial charge in [-0.15, -0.1) is 0 Å². The maximum atomic E-state index is 12.9. The lowest BCUT2D eigenvalue weighted by molar-refractivity contribution is -0.140. The van der Waals surface area contributed by atoms with E-state index in [0.717, 1.165) is 37.0 Å².